The van der Waals surface area contributed by atoms with Crippen molar-refractivity contribution in [2.24, 2.45) is 29.6 Å². The predicted octanol–water partition coefficient (Wildman–Crippen LogP) is 5.67. The molecule has 0 aromatic heterocycles. The van der Waals surface area contributed by atoms with Gasteiger partial charge in [-0.25, -0.2) is 0 Å². The van der Waals surface area contributed by atoms with Crippen LogP contribution in [0.2, 0.25) is 0 Å². The van der Waals surface area contributed by atoms with Crippen molar-refractivity contribution < 1.29 is 0 Å². The highest BCUT2D eigenvalue weighted by Crippen LogP contribution is 2.41. The maximum Gasteiger partial charge on any atom is -0.0363 e. The first-order valence-electron chi connectivity index (χ1n) is 8.18. The van der Waals surface area contributed by atoms with Crippen molar-refractivity contribution in [3.63, 3.8) is 0 Å². The lowest BCUT2D eigenvalue weighted by Gasteiger charge is -2.37. The molecule has 0 heterocycles. The van der Waals surface area contributed by atoms with Crippen molar-refractivity contribution in [3.8, 4) is 0 Å². The van der Waals surface area contributed by atoms with E-state index in [1.165, 1.54) is 57.8 Å². The third-order valence-corrected chi connectivity index (χ3v) is 5.87. The number of hydrogen-bond donors (Lipinski definition) is 0. The van der Waals surface area contributed by atoms with Gasteiger partial charge in [0.1, 0.15) is 0 Å². The molecule has 0 radical (unpaired) electrons. The number of hydrogen-bond acceptors (Lipinski definition) is 0. The van der Waals surface area contributed by atoms with E-state index in [4.69, 9.17) is 0 Å². The quantitative estimate of drug-likeness (QED) is 0.592. The molecule has 17 heavy (non-hydrogen) atoms. The Hall–Kier alpha value is 0. The largest absolute Gasteiger partial charge is 0.0622 e. The van der Waals surface area contributed by atoms with Crippen LogP contribution in [-0.4, -0.2) is 0 Å². The van der Waals surface area contributed by atoms with Crippen molar-refractivity contribution >= 4 is 0 Å². The first-order valence-corrected chi connectivity index (χ1v) is 8.18. The van der Waals surface area contributed by atoms with Crippen LogP contribution in [0.3, 0.4) is 0 Å². The van der Waals surface area contributed by atoms with Gasteiger partial charge in [0.05, 0.1) is 0 Å². The standard InChI is InChI=1S/C17H32/c1-13-8-4-6-10-16(13)12-15(3)17-11-7-5-9-14(17)2/h13-17H,4-12H2,1-3H3. The van der Waals surface area contributed by atoms with Crippen molar-refractivity contribution in [1.82, 2.24) is 0 Å². The zero-order valence-electron chi connectivity index (χ0n) is 12.3. The Bertz CT molecular complexity index is 220. The fourth-order valence-corrected chi connectivity index (χ4v) is 4.59. The van der Waals surface area contributed by atoms with Crippen LogP contribution in [0, 0.1) is 29.6 Å². The topological polar surface area (TPSA) is 0 Å². The van der Waals surface area contributed by atoms with Crippen LogP contribution in [0.15, 0.2) is 0 Å². The van der Waals surface area contributed by atoms with Gasteiger partial charge in [-0.05, 0) is 42.4 Å². The van der Waals surface area contributed by atoms with E-state index in [0.29, 0.717) is 0 Å². The summed E-state index contributed by atoms with van der Waals surface area (Å²) in [6, 6.07) is 0. The lowest BCUT2D eigenvalue weighted by molar-refractivity contribution is 0.132. The van der Waals surface area contributed by atoms with Crippen molar-refractivity contribution in [2.45, 2.75) is 78.6 Å². The first kappa shape index (κ1) is 13.4. The van der Waals surface area contributed by atoms with Gasteiger partial charge < -0.3 is 0 Å². The zero-order valence-corrected chi connectivity index (χ0v) is 12.3. The first-order chi connectivity index (χ1) is 8.18. The SMILES string of the molecule is CC1CCCCC1CC(C)C1CCCCC1C. The van der Waals surface area contributed by atoms with E-state index in [1.807, 2.05) is 0 Å². The number of rotatable bonds is 3. The fourth-order valence-electron chi connectivity index (χ4n) is 4.59. The Morgan fingerprint density at radius 2 is 1.41 bits per heavy atom. The molecular formula is C17H32. The van der Waals surface area contributed by atoms with E-state index in [9.17, 15) is 0 Å². The lowest BCUT2D eigenvalue weighted by Crippen LogP contribution is -2.27. The van der Waals surface area contributed by atoms with Crippen LogP contribution in [0.1, 0.15) is 78.6 Å². The van der Waals surface area contributed by atoms with E-state index in [2.05, 4.69) is 20.8 Å². The molecule has 0 aliphatic heterocycles. The molecule has 100 valence electrons. The predicted molar refractivity (Wildman–Crippen MR) is 76.0 cm³/mol. The molecule has 2 aliphatic rings. The highest BCUT2D eigenvalue weighted by molar-refractivity contribution is 4.81. The minimum absolute atomic E-state index is 0.982. The smallest absolute Gasteiger partial charge is 0.0363 e. The van der Waals surface area contributed by atoms with Crippen LogP contribution in [-0.2, 0) is 0 Å². The summed E-state index contributed by atoms with van der Waals surface area (Å²) < 4.78 is 0. The summed E-state index contributed by atoms with van der Waals surface area (Å²) in [6.07, 6.45) is 13.5. The third kappa shape index (κ3) is 3.48. The lowest BCUT2D eigenvalue weighted by atomic mass is 9.68. The van der Waals surface area contributed by atoms with Crippen molar-refractivity contribution in [1.29, 1.82) is 0 Å². The van der Waals surface area contributed by atoms with Gasteiger partial charge in [-0.1, -0.05) is 65.7 Å². The second-order valence-corrected chi connectivity index (χ2v) is 7.16. The van der Waals surface area contributed by atoms with Crippen LogP contribution in [0.25, 0.3) is 0 Å². The van der Waals surface area contributed by atoms with Gasteiger partial charge in [-0.15, -0.1) is 0 Å². The average Bonchev–Trinajstić information content (AvgIpc) is 2.32. The van der Waals surface area contributed by atoms with Crippen LogP contribution in [0.4, 0.5) is 0 Å². The summed E-state index contributed by atoms with van der Waals surface area (Å²) in [4.78, 5) is 0. The second-order valence-electron chi connectivity index (χ2n) is 7.16. The third-order valence-electron chi connectivity index (χ3n) is 5.87. The van der Waals surface area contributed by atoms with Gasteiger partial charge >= 0.3 is 0 Å². The second kappa shape index (κ2) is 6.25. The highest BCUT2D eigenvalue weighted by Gasteiger charge is 2.30. The van der Waals surface area contributed by atoms with E-state index in [-0.39, 0.29) is 0 Å². The van der Waals surface area contributed by atoms with E-state index in [0.717, 1.165) is 29.6 Å². The maximum absolute atomic E-state index is 2.55. The summed E-state index contributed by atoms with van der Waals surface area (Å²) in [5, 5.41) is 0. The van der Waals surface area contributed by atoms with Crippen molar-refractivity contribution in [2.75, 3.05) is 0 Å². The van der Waals surface area contributed by atoms with E-state index in [1.54, 1.807) is 0 Å². The molecule has 0 aromatic rings. The molecule has 0 aromatic carbocycles. The average molecular weight is 236 g/mol. The molecule has 2 fully saturated rings. The molecule has 5 unspecified atom stereocenters. The van der Waals surface area contributed by atoms with Gasteiger partial charge in [0.15, 0.2) is 0 Å². The van der Waals surface area contributed by atoms with Crippen LogP contribution < -0.4 is 0 Å². The summed E-state index contributed by atoms with van der Waals surface area (Å²) >= 11 is 0. The molecule has 0 spiro atoms. The molecule has 0 N–H and O–H groups in total. The molecule has 0 heteroatoms. The molecule has 2 saturated carbocycles. The van der Waals surface area contributed by atoms with Crippen molar-refractivity contribution in [3.05, 3.63) is 0 Å². The minimum Gasteiger partial charge on any atom is -0.0622 e. The van der Waals surface area contributed by atoms with Gasteiger partial charge in [0, 0.05) is 0 Å². The van der Waals surface area contributed by atoms with E-state index >= 15 is 0 Å². The van der Waals surface area contributed by atoms with Gasteiger partial charge in [-0.3, -0.25) is 0 Å². The van der Waals surface area contributed by atoms with E-state index < -0.39 is 0 Å². The maximum atomic E-state index is 2.55. The van der Waals surface area contributed by atoms with Gasteiger partial charge in [0.2, 0.25) is 0 Å². The Morgan fingerprint density at radius 3 is 2.06 bits per heavy atom. The molecule has 0 nitrogen and oxygen atoms in total. The highest BCUT2D eigenvalue weighted by atomic mass is 14.4. The molecule has 2 aliphatic carbocycles. The Balaban J connectivity index is 1.84. The minimum atomic E-state index is 0.982. The molecule has 0 saturated heterocycles. The summed E-state index contributed by atoms with van der Waals surface area (Å²) in [6.45, 7) is 7.55. The Kier molecular flexibility index (Phi) is 4.94. The van der Waals surface area contributed by atoms with Gasteiger partial charge in [-0.2, -0.15) is 0 Å². The summed E-state index contributed by atoms with van der Waals surface area (Å²) in [7, 11) is 0. The summed E-state index contributed by atoms with van der Waals surface area (Å²) in [5.41, 5.74) is 0. The zero-order chi connectivity index (χ0) is 12.3. The Morgan fingerprint density at radius 1 is 0.824 bits per heavy atom. The molecular weight excluding hydrogens is 204 g/mol. The molecule has 5 atom stereocenters. The molecule has 2 rings (SSSR count). The van der Waals surface area contributed by atoms with Gasteiger partial charge in [0.25, 0.3) is 0 Å². The normalized spacial score (nSPS) is 41.1. The van der Waals surface area contributed by atoms with Crippen LogP contribution >= 0.6 is 0 Å². The van der Waals surface area contributed by atoms with Crippen LogP contribution in [0.5, 0.6) is 0 Å². The fraction of sp³-hybridized carbons (Fsp3) is 1.00. The Labute approximate surface area is 109 Å². The molecule has 0 bridgehead atoms. The monoisotopic (exact) mass is 236 g/mol. The molecule has 0 amide bonds. The summed E-state index contributed by atoms with van der Waals surface area (Å²) in [5.74, 6) is 5.07.